The predicted molar refractivity (Wildman–Crippen MR) is 89.1 cm³/mol. The summed E-state index contributed by atoms with van der Waals surface area (Å²) in [7, 11) is -0.196. The fraction of sp³-hybridized carbons (Fsp3) is 0.294. The van der Waals surface area contributed by atoms with Crippen LogP contribution in [-0.2, 0) is 15.5 Å². The number of hydrogen-bond donors (Lipinski definition) is 0. The van der Waals surface area contributed by atoms with E-state index in [1.807, 2.05) is 43.3 Å². The normalized spacial score (nSPS) is 15.3. The Morgan fingerprint density at radius 2 is 1.59 bits per heavy atom. The molecule has 0 aromatic heterocycles. The summed E-state index contributed by atoms with van der Waals surface area (Å²) < 4.78 is 25.5. The van der Waals surface area contributed by atoms with Gasteiger partial charge in [-0.3, -0.25) is 4.52 Å². The molecule has 118 valence electrons. The minimum Gasteiger partial charge on any atom is -0.413 e. The first kappa shape index (κ1) is 16.8. The molecule has 22 heavy (non-hydrogen) atoms. The van der Waals surface area contributed by atoms with Crippen LogP contribution in [0.3, 0.4) is 0 Å². The van der Waals surface area contributed by atoms with Crippen LogP contribution in [0.1, 0.15) is 12.5 Å². The Morgan fingerprint density at radius 1 is 1.05 bits per heavy atom. The third-order valence-electron chi connectivity index (χ3n) is 3.59. The Kier molecular flexibility index (Phi) is 5.78. The fourth-order valence-electron chi connectivity index (χ4n) is 2.17. The SMILES string of the molecule is COP(=O)(Oc1ccccc1)N(C)C(C)Cc1ccccc1. The summed E-state index contributed by atoms with van der Waals surface area (Å²) in [6.07, 6.45) is 0.767. The van der Waals surface area contributed by atoms with E-state index in [2.05, 4.69) is 12.1 Å². The van der Waals surface area contributed by atoms with Crippen LogP contribution in [0.15, 0.2) is 60.7 Å². The summed E-state index contributed by atoms with van der Waals surface area (Å²) in [6.45, 7) is 2.01. The zero-order chi connectivity index (χ0) is 16.0. The Labute approximate surface area is 132 Å². The minimum atomic E-state index is -3.37. The zero-order valence-corrected chi connectivity index (χ0v) is 14.1. The highest BCUT2D eigenvalue weighted by molar-refractivity contribution is 7.51. The van der Waals surface area contributed by atoms with Crippen molar-refractivity contribution in [2.24, 2.45) is 0 Å². The Balaban J connectivity index is 2.10. The predicted octanol–water partition coefficient (Wildman–Crippen LogP) is 4.38. The summed E-state index contributed by atoms with van der Waals surface area (Å²) in [5.74, 6) is 0.534. The molecular weight excluding hydrogens is 297 g/mol. The van der Waals surface area contributed by atoms with Gasteiger partial charge in [0, 0.05) is 13.2 Å². The molecule has 0 saturated carbocycles. The lowest BCUT2D eigenvalue weighted by atomic mass is 10.1. The molecule has 2 aromatic carbocycles. The van der Waals surface area contributed by atoms with Crippen molar-refractivity contribution in [3.8, 4) is 5.75 Å². The molecule has 2 aromatic rings. The van der Waals surface area contributed by atoms with E-state index in [1.165, 1.54) is 12.7 Å². The molecule has 2 rings (SSSR count). The molecule has 0 saturated heterocycles. The maximum atomic E-state index is 13.0. The molecule has 0 bridgehead atoms. The average Bonchev–Trinajstić information content (AvgIpc) is 2.55. The van der Waals surface area contributed by atoms with Crippen LogP contribution in [-0.4, -0.2) is 24.9 Å². The molecule has 0 fully saturated rings. The highest BCUT2D eigenvalue weighted by atomic mass is 31.2. The van der Waals surface area contributed by atoms with Crippen molar-refractivity contribution in [2.45, 2.75) is 19.4 Å². The van der Waals surface area contributed by atoms with Crippen molar-refractivity contribution >= 4 is 7.75 Å². The van der Waals surface area contributed by atoms with Crippen molar-refractivity contribution in [3.05, 3.63) is 66.2 Å². The van der Waals surface area contributed by atoms with Crippen molar-refractivity contribution in [1.29, 1.82) is 0 Å². The van der Waals surface area contributed by atoms with Gasteiger partial charge in [0.25, 0.3) is 0 Å². The van der Waals surface area contributed by atoms with E-state index in [9.17, 15) is 4.57 Å². The van der Waals surface area contributed by atoms with Gasteiger partial charge < -0.3 is 4.52 Å². The third-order valence-corrected chi connectivity index (χ3v) is 5.66. The standard InChI is InChI=1S/C17H22NO3P/c1-15(14-16-10-6-4-7-11-16)18(2)22(19,20-3)21-17-12-8-5-9-13-17/h4-13,15H,14H2,1-3H3. The van der Waals surface area contributed by atoms with Crippen molar-refractivity contribution in [3.63, 3.8) is 0 Å². The fourth-order valence-corrected chi connectivity index (χ4v) is 3.59. The Bertz CT molecular complexity index is 618. The maximum Gasteiger partial charge on any atom is 0.461 e. The largest absolute Gasteiger partial charge is 0.461 e. The highest BCUT2D eigenvalue weighted by Gasteiger charge is 2.34. The van der Waals surface area contributed by atoms with E-state index < -0.39 is 7.75 Å². The molecule has 0 heterocycles. The van der Waals surface area contributed by atoms with Crippen LogP contribution in [0.2, 0.25) is 0 Å². The number of rotatable bonds is 7. The molecule has 0 radical (unpaired) electrons. The molecule has 0 aliphatic rings. The van der Waals surface area contributed by atoms with Gasteiger partial charge >= 0.3 is 7.75 Å². The second-order valence-electron chi connectivity index (χ2n) is 5.17. The number of benzene rings is 2. The van der Waals surface area contributed by atoms with Crippen LogP contribution in [0.4, 0.5) is 0 Å². The van der Waals surface area contributed by atoms with Crippen LogP contribution < -0.4 is 4.52 Å². The smallest absolute Gasteiger partial charge is 0.413 e. The van der Waals surface area contributed by atoms with Crippen LogP contribution in [0.5, 0.6) is 5.75 Å². The zero-order valence-electron chi connectivity index (χ0n) is 13.2. The van der Waals surface area contributed by atoms with Gasteiger partial charge in [-0.2, -0.15) is 4.67 Å². The number of hydrogen-bond acceptors (Lipinski definition) is 3. The number of likely N-dealkylation sites (N-methyl/N-ethyl adjacent to an activating group) is 1. The van der Waals surface area contributed by atoms with Gasteiger partial charge in [0.1, 0.15) is 5.75 Å². The second kappa shape index (κ2) is 7.59. The topological polar surface area (TPSA) is 38.8 Å². The Hall–Kier alpha value is -1.61. The first-order valence-electron chi connectivity index (χ1n) is 7.23. The van der Waals surface area contributed by atoms with Crippen molar-refractivity contribution in [1.82, 2.24) is 4.67 Å². The van der Waals surface area contributed by atoms with Crippen LogP contribution in [0.25, 0.3) is 0 Å². The van der Waals surface area contributed by atoms with Gasteiger partial charge in [-0.05, 0) is 38.1 Å². The van der Waals surface area contributed by atoms with Gasteiger partial charge in [0.15, 0.2) is 0 Å². The van der Waals surface area contributed by atoms with Crippen LogP contribution >= 0.6 is 7.75 Å². The van der Waals surface area contributed by atoms with Gasteiger partial charge in [0.2, 0.25) is 0 Å². The first-order chi connectivity index (χ1) is 10.5. The molecule has 0 amide bonds. The van der Waals surface area contributed by atoms with E-state index in [1.54, 1.807) is 23.9 Å². The molecule has 2 atom stereocenters. The van der Waals surface area contributed by atoms with E-state index in [0.29, 0.717) is 5.75 Å². The average molecular weight is 319 g/mol. The maximum absolute atomic E-state index is 13.0. The molecule has 0 aliphatic carbocycles. The van der Waals surface area contributed by atoms with Gasteiger partial charge in [0.05, 0.1) is 0 Å². The third kappa shape index (κ3) is 4.20. The molecule has 4 nitrogen and oxygen atoms in total. The molecule has 2 unspecified atom stereocenters. The van der Waals surface area contributed by atoms with Gasteiger partial charge in [-0.1, -0.05) is 48.5 Å². The van der Waals surface area contributed by atoms with E-state index in [-0.39, 0.29) is 6.04 Å². The minimum absolute atomic E-state index is 0.0110. The number of nitrogens with zero attached hydrogens (tertiary/aromatic N) is 1. The highest BCUT2D eigenvalue weighted by Crippen LogP contribution is 2.51. The van der Waals surface area contributed by atoms with Gasteiger partial charge in [-0.25, -0.2) is 4.57 Å². The second-order valence-corrected chi connectivity index (χ2v) is 7.28. The lowest BCUT2D eigenvalue weighted by Crippen LogP contribution is -2.30. The van der Waals surface area contributed by atoms with Crippen LogP contribution in [0, 0.1) is 0 Å². The van der Waals surface area contributed by atoms with E-state index >= 15 is 0 Å². The molecular formula is C17H22NO3P. The summed E-state index contributed by atoms with van der Waals surface area (Å²) in [6, 6.07) is 19.2. The first-order valence-corrected chi connectivity index (χ1v) is 8.72. The summed E-state index contributed by atoms with van der Waals surface area (Å²) in [5, 5.41) is 0. The molecule has 0 aliphatic heterocycles. The summed E-state index contributed by atoms with van der Waals surface area (Å²) in [4.78, 5) is 0. The van der Waals surface area contributed by atoms with E-state index in [4.69, 9.17) is 9.05 Å². The summed E-state index contributed by atoms with van der Waals surface area (Å²) >= 11 is 0. The quantitative estimate of drug-likeness (QED) is 0.710. The monoisotopic (exact) mass is 319 g/mol. The van der Waals surface area contributed by atoms with E-state index in [0.717, 1.165) is 6.42 Å². The summed E-state index contributed by atoms with van der Waals surface area (Å²) in [5.41, 5.74) is 1.18. The lowest BCUT2D eigenvalue weighted by molar-refractivity contribution is 0.235. The lowest BCUT2D eigenvalue weighted by Gasteiger charge is -2.30. The van der Waals surface area contributed by atoms with Crippen molar-refractivity contribution in [2.75, 3.05) is 14.2 Å². The molecule has 0 N–H and O–H groups in total. The number of para-hydroxylation sites is 1. The Morgan fingerprint density at radius 3 is 2.14 bits per heavy atom. The van der Waals surface area contributed by atoms with Gasteiger partial charge in [-0.15, -0.1) is 0 Å². The molecule has 5 heteroatoms. The van der Waals surface area contributed by atoms with Crippen molar-refractivity contribution < 1.29 is 13.6 Å². The molecule has 0 spiro atoms.